The standard InChI is InChI=1S/C12H15ClN2O2/c1-2-14-12(16)15-10-6-7-17-11-8(10)4-3-5-9(11)13/h3-5,10H,2,6-7H2,1H3,(H2,14,15,16). The van der Waals surface area contributed by atoms with Gasteiger partial charge in [-0.1, -0.05) is 23.7 Å². The summed E-state index contributed by atoms with van der Waals surface area (Å²) >= 11 is 6.05. The van der Waals surface area contributed by atoms with Crippen LogP contribution in [-0.4, -0.2) is 19.2 Å². The van der Waals surface area contributed by atoms with Crippen molar-refractivity contribution in [2.24, 2.45) is 0 Å². The fraction of sp³-hybridized carbons (Fsp3) is 0.417. The number of hydrogen-bond acceptors (Lipinski definition) is 2. The van der Waals surface area contributed by atoms with Crippen molar-refractivity contribution >= 4 is 17.6 Å². The van der Waals surface area contributed by atoms with Gasteiger partial charge in [0.2, 0.25) is 0 Å². The highest BCUT2D eigenvalue weighted by molar-refractivity contribution is 6.32. The molecule has 1 unspecified atom stereocenters. The van der Waals surface area contributed by atoms with E-state index in [1.807, 2.05) is 19.1 Å². The molecule has 17 heavy (non-hydrogen) atoms. The molecule has 0 radical (unpaired) electrons. The smallest absolute Gasteiger partial charge is 0.315 e. The average Bonchev–Trinajstić information content (AvgIpc) is 2.31. The molecule has 1 atom stereocenters. The fourth-order valence-electron chi connectivity index (χ4n) is 1.91. The van der Waals surface area contributed by atoms with E-state index in [9.17, 15) is 4.79 Å². The molecule has 5 heteroatoms. The number of para-hydroxylation sites is 1. The number of carbonyl (C=O) groups is 1. The molecule has 92 valence electrons. The Morgan fingerprint density at radius 2 is 2.41 bits per heavy atom. The SMILES string of the molecule is CCNC(=O)NC1CCOc2c(Cl)cccc21. The van der Waals surface area contributed by atoms with Crippen LogP contribution >= 0.6 is 11.6 Å². The van der Waals surface area contributed by atoms with E-state index in [-0.39, 0.29) is 12.1 Å². The molecule has 0 aromatic heterocycles. The average molecular weight is 255 g/mol. The number of amides is 2. The van der Waals surface area contributed by atoms with E-state index in [0.717, 1.165) is 12.0 Å². The molecule has 0 saturated heterocycles. The predicted molar refractivity (Wildman–Crippen MR) is 66.5 cm³/mol. The molecule has 0 bridgehead atoms. The molecule has 1 aromatic rings. The highest BCUT2D eigenvalue weighted by Crippen LogP contribution is 2.37. The molecule has 1 aliphatic rings. The zero-order valence-electron chi connectivity index (χ0n) is 9.63. The quantitative estimate of drug-likeness (QED) is 0.852. The number of fused-ring (bicyclic) bond motifs is 1. The number of nitrogens with one attached hydrogen (secondary N) is 2. The fourth-order valence-corrected chi connectivity index (χ4v) is 2.14. The van der Waals surface area contributed by atoms with Crippen LogP contribution in [0.1, 0.15) is 24.9 Å². The lowest BCUT2D eigenvalue weighted by molar-refractivity contribution is 0.224. The van der Waals surface area contributed by atoms with Gasteiger partial charge < -0.3 is 15.4 Å². The Balaban J connectivity index is 2.17. The summed E-state index contributed by atoms with van der Waals surface area (Å²) in [5, 5.41) is 6.22. The maximum absolute atomic E-state index is 11.5. The Labute approximate surface area is 105 Å². The molecule has 0 aliphatic carbocycles. The molecular weight excluding hydrogens is 240 g/mol. The molecule has 2 N–H and O–H groups in total. The molecule has 1 heterocycles. The second kappa shape index (κ2) is 5.27. The van der Waals surface area contributed by atoms with Crippen LogP contribution in [0, 0.1) is 0 Å². The normalized spacial score (nSPS) is 17.9. The van der Waals surface area contributed by atoms with Gasteiger partial charge in [-0.2, -0.15) is 0 Å². The number of urea groups is 1. The van der Waals surface area contributed by atoms with Crippen LogP contribution in [0.5, 0.6) is 5.75 Å². The van der Waals surface area contributed by atoms with Gasteiger partial charge in [-0.05, 0) is 13.0 Å². The molecule has 0 spiro atoms. The third-order valence-corrected chi connectivity index (χ3v) is 2.97. The monoisotopic (exact) mass is 254 g/mol. The largest absolute Gasteiger partial charge is 0.492 e. The summed E-state index contributed by atoms with van der Waals surface area (Å²) in [7, 11) is 0. The lowest BCUT2D eigenvalue weighted by atomic mass is 10.0. The van der Waals surface area contributed by atoms with Crippen LogP contribution in [0.15, 0.2) is 18.2 Å². The summed E-state index contributed by atoms with van der Waals surface area (Å²) in [6, 6.07) is 5.38. The van der Waals surface area contributed by atoms with Crippen molar-refractivity contribution < 1.29 is 9.53 Å². The summed E-state index contributed by atoms with van der Waals surface area (Å²) in [6.07, 6.45) is 0.754. The number of halogens is 1. The van der Waals surface area contributed by atoms with Crippen LogP contribution in [0.3, 0.4) is 0 Å². The molecule has 0 saturated carbocycles. The van der Waals surface area contributed by atoms with Crippen molar-refractivity contribution in [3.63, 3.8) is 0 Å². The first kappa shape index (κ1) is 12.0. The second-order valence-corrected chi connectivity index (χ2v) is 4.26. The molecule has 0 fully saturated rings. The van der Waals surface area contributed by atoms with E-state index in [1.54, 1.807) is 6.07 Å². The van der Waals surface area contributed by atoms with Gasteiger partial charge in [-0.15, -0.1) is 0 Å². The summed E-state index contributed by atoms with van der Waals surface area (Å²) in [4.78, 5) is 11.5. The van der Waals surface area contributed by atoms with Crippen LogP contribution in [0.25, 0.3) is 0 Å². The van der Waals surface area contributed by atoms with Crippen LogP contribution in [0.2, 0.25) is 5.02 Å². The maximum atomic E-state index is 11.5. The topological polar surface area (TPSA) is 50.4 Å². The summed E-state index contributed by atoms with van der Waals surface area (Å²) in [5.41, 5.74) is 0.940. The first-order valence-electron chi connectivity index (χ1n) is 5.68. The van der Waals surface area contributed by atoms with E-state index in [4.69, 9.17) is 16.3 Å². The third-order valence-electron chi connectivity index (χ3n) is 2.67. The predicted octanol–water partition coefficient (Wildman–Crippen LogP) is 2.48. The van der Waals surface area contributed by atoms with Crippen LogP contribution < -0.4 is 15.4 Å². The van der Waals surface area contributed by atoms with Gasteiger partial charge in [0.25, 0.3) is 0 Å². The van der Waals surface area contributed by atoms with E-state index in [2.05, 4.69) is 10.6 Å². The zero-order chi connectivity index (χ0) is 12.3. The van der Waals surface area contributed by atoms with Crippen LogP contribution in [0.4, 0.5) is 4.79 Å². The van der Waals surface area contributed by atoms with Gasteiger partial charge in [0.15, 0.2) is 0 Å². The first-order chi connectivity index (χ1) is 8.22. The van der Waals surface area contributed by atoms with Crippen molar-refractivity contribution in [1.29, 1.82) is 0 Å². The molecule has 4 nitrogen and oxygen atoms in total. The Bertz CT molecular complexity index is 423. The lowest BCUT2D eigenvalue weighted by Crippen LogP contribution is -2.39. The van der Waals surface area contributed by atoms with Gasteiger partial charge >= 0.3 is 6.03 Å². The summed E-state index contributed by atoms with van der Waals surface area (Å²) in [6.45, 7) is 3.06. The highest BCUT2D eigenvalue weighted by atomic mass is 35.5. The Hall–Kier alpha value is -1.42. The highest BCUT2D eigenvalue weighted by Gasteiger charge is 2.24. The minimum atomic E-state index is -0.162. The number of ether oxygens (including phenoxy) is 1. The molecule has 2 amide bonds. The van der Waals surface area contributed by atoms with Gasteiger partial charge in [0.1, 0.15) is 5.75 Å². The number of hydrogen-bond donors (Lipinski definition) is 2. The van der Waals surface area contributed by atoms with Crippen molar-refractivity contribution in [1.82, 2.24) is 10.6 Å². The third kappa shape index (κ3) is 2.64. The minimum Gasteiger partial charge on any atom is -0.492 e. The number of benzene rings is 1. The van der Waals surface area contributed by atoms with Crippen molar-refractivity contribution in [2.45, 2.75) is 19.4 Å². The number of carbonyl (C=O) groups excluding carboxylic acids is 1. The van der Waals surface area contributed by atoms with Gasteiger partial charge in [-0.25, -0.2) is 4.79 Å². The molecular formula is C12H15ClN2O2. The first-order valence-corrected chi connectivity index (χ1v) is 6.05. The Kier molecular flexibility index (Phi) is 3.74. The minimum absolute atomic E-state index is 0.0380. The molecule has 1 aliphatic heterocycles. The summed E-state index contributed by atoms with van der Waals surface area (Å²) < 4.78 is 5.52. The summed E-state index contributed by atoms with van der Waals surface area (Å²) in [5.74, 6) is 0.683. The molecule has 1 aromatic carbocycles. The molecule has 2 rings (SSSR count). The van der Waals surface area contributed by atoms with Crippen molar-refractivity contribution in [2.75, 3.05) is 13.2 Å². The Morgan fingerprint density at radius 1 is 1.59 bits per heavy atom. The van der Waals surface area contributed by atoms with Crippen LogP contribution in [-0.2, 0) is 0 Å². The van der Waals surface area contributed by atoms with Crippen molar-refractivity contribution in [3.05, 3.63) is 28.8 Å². The van der Waals surface area contributed by atoms with E-state index in [0.29, 0.717) is 23.9 Å². The lowest BCUT2D eigenvalue weighted by Gasteiger charge is -2.27. The van der Waals surface area contributed by atoms with Gasteiger partial charge in [0, 0.05) is 18.5 Å². The van der Waals surface area contributed by atoms with Gasteiger partial charge in [0.05, 0.1) is 17.7 Å². The van der Waals surface area contributed by atoms with E-state index in [1.165, 1.54) is 0 Å². The van der Waals surface area contributed by atoms with E-state index < -0.39 is 0 Å². The Morgan fingerprint density at radius 3 is 3.18 bits per heavy atom. The van der Waals surface area contributed by atoms with Crippen molar-refractivity contribution in [3.8, 4) is 5.75 Å². The second-order valence-electron chi connectivity index (χ2n) is 3.85. The van der Waals surface area contributed by atoms with Gasteiger partial charge in [-0.3, -0.25) is 0 Å². The zero-order valence-corrected chi connectivity index (χ0v) is 10.4. The maximum Gasteiger partial charge on any atom is 0.315 e. The number of rotatable bonds is 2. The van der Waals surface area contributed by atoms with E-state index >= 15 is 0 Å².